The Bertz CT molecular complexity index is 369. The molecule has 3 N–H and O–H groups in total. The number of nitrogens with one attached hydrogen (secondary N) is 1. The van der Waals surface area contributed by atoms with Gasteiger partial charge in [0.25, 0.3) is 0 Å². The minimum atomic E-state index is -0.171. The minimum absolute atomic E-state index is 0.0732. The van der Waals surface area contributed by atoms with E-state index in [4.69, 9.17) is 10.5 Å². The fourth-order valence-electron chi connectivity index (χ4n) is 1.13. The van der Waals surface area contributed by atoms with E-state index in [1.807, 2.05) is 6.92 Å². The van der Waals surface area contributed by atoms with Crippen LogP contribution in [0.15, 0.2) is 22.7 Å². The molecule has 0 aromatic heterocycles. The molecular weight excluding hydrogens is 272 g/mol. The maximum Gasteiger partial charge on any atom is 0.250 e. The third kappa shape index (κ3) is 4.20. The minimum Gasteiger partial charge on any atom is -0.398 e. The Kier molecular flexibility index (Phi) is 5.28. The highest BCUT2D eigenvalue weighted by molar-refractivity contribution is 9.10. The first kappa shape index (κ1) is 13.0. The van der Waals surface area contributed by atoms with Gasteiger partial charge in [0.15, 0.2) is 0 Å². The largest absolute Gasteiger partial charge is 0.398 e. The molecule has 0 spiro atoms. The molecule has 5 heteroatoms. The van der Waals surface area contributed by atoms with E-state index in [-0.39, 0.29) is 12.5 Å². The predicted octanol–water partition coefficient (Wildman–Crippen LogP) is 2.40. The molecule has 0 bridgehead atoms. The van der Waals surface area contributed by atoms with Gasteiger partial charge in [0.05, 0.1) is 0 Å². The van der Waals surface area contributed by atoms with Crippen molar-refractivity contribution in [3.8, 4) is 0 Å². The molecule has 88 valence electrons. The number of hydrogen-bond acceptors (Lipinski definition) is 3. The molecule has 0 fully saturated rings. The van der Waals surface area contributed by atoms with Crippen LogP contribution in [0.2, 0.25) is 0 Å². The van der Waals surface area contributed by atoms with Gasteiger partial charge in [-0.2, -0.15) is 0 Å². The Morgan fingerprint density at radius 3 is 2.94 bits per heavy atom. The van der Waals surface area contributed by atoms with Crippen molar-refractivity contribution in [2.24, 2.45) is 0 Å². The normalized spacial score (nSPS) is 10.1. The summed E-state index contributed by atoms with van der Waals surface area (Å²) in [5, 5.41) is 2.70. The first-order valence-corrected chi connectivity index (χ1v) is 5.85. The van der Waals surface area contributed by atoms with Gasteiger partial charge < -0.3 is 15.8 Å². The number of hydrogen-bond donors (Lipinski definition) is 2. The molecule has 1 rings (SSSR count). The molecule has 16 heavy (non-hydrogen) atoms. The zero-order valence-electron chi connectivity index (χ0n) is 9.13. The third-order valence-corrected chi connectivity index (χ3v) is 2.58. The van der Waals surface area contributed by atoms with Crippen molar-refractivity contribution in [1.29, 1.82) is 0 Å². The number of nitrogen functional groups attached to an aromatic ring is 1. The zero-order valence-corrected chi connectivity index (χ0v) is 10.7. The third-order valence-electron chi connectivity index (χ3n) is 1.86. The first-order chi connectivity index (χ1) is 7.63. The predicted molar refractivity (Wildman–Crippen MR) is 68.3 cm³/mol. The lowest BCUT2D eigenvalue weighted by Gasteiger charge is -2.07. The lowest BCUT2D eigenvalue weighted by atomic mass is 10.3. The van der Waals surface area contributed by atoms with E-state index in [1.54, 1.807) is 18.2 Å². The number of halogens is 1. The van der Waals surface area contributed by atoms with E-state index in [2.05, 4.69) is 21.2 Å². The van der Waals surface area contributed by atoms with E-state index < -0.39 is 0 Å². The van der Waals surface area contributed by atoms with Crippen molar-refractivity contribution < 1.29 is 9.53 Å². The van der Waals surface area contributed by atoms with Gasteiger partial charge in [0, 0.05) is 22.5 Å². The maximum absolute atomic E-state index is 11.4. The number of rotatable bonds is 5. The summed E-state index contributed by atoms with van der Waals surface area (Å²) < 4.78 is 5.93. The number of anilines is 2. The van der Waals surface area contributed by atoms with Crippen LogP contribution >= 0.6 is 15.9 Å². The van der Waals surface area contributed by atoms with E-state index >= 15 is 0 Å². The molecule has 0 unspecified atom stereocenters. The fraction of sp³-hybridized carbons (Fsp3) is 0.364. The van der Waals surface area contributed by atoms with Gasteiger partial charge in [-0.3, -0.25) is 4.79 Å². The molecule has 0 saturated carbocycles. The highest BCUT2D eigenvalue weighted by Crippen LogP contribution is 2.22. The Morgan fingerprint density at radius 1 is 1.56 bits per heavy atom. The number of carbonyl (C=O) groups is 1. The van der Waals surface area contributed by atoms with Crippen LogP contribution in [0.3, 0.4) is 0 Å². The van der Waals surface area contributed by atoms with Crippen LogP contribution in [0.5, 0.6) is 0 Å². The molecule has 0 aliphatic carbocycles. The number of amides is 1. The van der Waals surface area contributed by atoms with Gasteiger partial charge in [-0.15, -0.1) is 0 Å². The molecule has 4 nitrogen and oxygen atoms in total. The molecule has 0 aliphatic heterocycles. The lowest BCUT2D eigenvalue weighted by molar-refractivity contribution is -0.120. The van der Waals surface area contributed by atoms with E-state index in [0.29, 0.717) is 18.0 Å². The van der Waals surface area contributed by atoms with Crippen molar-refractivity contribution in [1.82, 2.24) is 0 Å². The Morgan fingerprint density at radius 2 is 2.31 bits per heavy atom. The van der Waals surface area contributed by atoms with Gasteiger partial charge in [-0.25, -0.2) is 0 Å². The number of nitrogens with two attached hydrogens (primary N) is 1. The van der Waals surface area contributed by atoms with Crippen molar-refractivity contribution >= 4 is 33.2 Å². The molecule has 1 aromatic rings. The SMILES string of the molecule is CCCOCC(=O)Nc1ccc(Br)c(N)c1. The molecule has 1 amide bonds. The van der Waals surface area contributed by atoms with Gasteiger partial charge in [-0.1, -0.05) is 6.92 Å². The summed E-state index contributed by atoms with van der Waals surface area (Å²) in [6, 6.07) is 5.26. The van der Waals surface area contributed by atoms with E-state index in [1.165, 1.54) is 0 Å². The van der Waals surface area contributed by atoms with Crippen LogP contribution in [0.1, 0.15) is 13.3 Å². The number of benzene rings is 1. The highest BCUT2D eigenvalue weighted by Gasteiger charge is 2.03. The van der Waals surface area contributed by atoms with Crippen LogP contribution in [-0.4, -0.2) is 19.1 Å². The monoisotopic (exact) mass is 286 g/mol. The van der Waals surface area contributed by atoms with Crippen LogP contribution in [0, 0.1) is 0 Å². The number of carbonyl (C=O) groups excluding carboxylic acids is 1. The second-order valence-corrected chi connectivity index (χ2v) is 4.19. The van der Waals surface area contributed by atoms with E-state index in [9.17, 15) is 4.79 Å². The van der Waals surface area contributed by atoms with Crippen molar-refractivity contribution in [2.75, 3.05) is 24.3 Å². The lowest BCUT2D eigenvalue weighted by Crippen LogP contribution is -2.18. The first-order valence-electron chi connectivity index (χ1n) is 5.06. The second-order valence-electron chi connectivity index (χ2n) is 3.34. The highest BCUT2D eigenvalue weighted by atomic mass is 79.9. The summed E-state index contributed by atoms with van der Waals surface area (Å²) in [7, 11) is 0. The van der Waals surface area contributed by atoms with Gasteiger partial charge >= 0.3 is 0 Å². The molecule has 0 saturated heterocycles. The van der Waals surface area contributed by atoms with Gasteiger partial charge in [0.2, 0.25) is 5.91 Å². The summed E-state index contributed by atoms with van der Waals surface area (Å²) in [5.74, 6) is -0.171. The van der Waals surface area contributed by atoms with Gasteiger partial charge in [0.1, 0.15) is 6.61 Å². The smallest absolute Gasteiger partial charge is 0.250 e. The average molecular weight is 287 g/mol. The average Bonchev–Trinajstić information content (AvgIpc) is 2.24. The van der Waals surface area contributed by atoms with Crippen molar-refractivity contribution in [3.05, 3.63) is 22.7 Å². The van der Waals surface area contributed by atoms with Gasteiger partial charge in [-0.05, 0) is 40.5 Å². The van der Waals surface area contributed by atoms with Crippen LogP contribution < -0.4 is 11.1 Å². The Balaban J connectivity index is 2.46. The quantitative estimate of drug-likeness (QED) is 0.645. The van der Waals surface area contributed by atoms with Crippen molar-refractivity contribution in [2.45, 2.75) is 13.3 Å². The topological polar surface area (TPSA) is 64.3 Å². The summed E-state index contributed by atoms with van der Waals surface area (Å²) in [4.78, 5) is 11.4. The molecule has 0 radical (unpaired) electrons. The molecule has 0 aliphatic rings. The molecule has 1 aromatic carbocycles. The summed E-state index contributed by atoms with van der Waals surface area (Å²) in [6.07, 6.45) is 0.901. The zero-order chi connectivity index (χ0) is 12.0. The maximum atomic E-state index is 11.4. The summed E-state index contributed by atoms with van der Waals surface area (Å²) >= 11 is 3.28. The Labute approximate surface area is 103 Å². The fourth-order valence-corrected chi connectivity index (χ4v) is 1.37. The van der Waals surface area contributed by atoms with Crippen molar-refractivity contribution in [3.63, 3.8) is 0 Å². The standard InChI is InChI=1S/C11H15BrN2O2/c1-2-5-16-7-11(15)14-8-3-4-9(12)10(13)6-8/h3-4,6H,2,5,7,13H2,1H3,(H,14,15). The molecular formula is C11H15BrN2O2. The van der Waals surface area contributed by atoms with Crippen LogP contribution in [-0.2, 0) is 9.53 Å². The summed E-state index contributed by atoms with van der Waals surface area (Å²) in [5.41, 5.74) is 6.95. The van der Waals surface area contributed by atoms with Crippen LogP contribution in [0.4, 0.5) is 11.4 Å². The van der Waals surface area contributed by atoms with E-state index in [0.717, 1.165) is 10.9 Å². The number of ether oxygens (including phenoxy) is 1. The Hall–Kier alpha value is -1.07. The summed E-state index contributed by atoms with van der Waals surface area (Å²) in [6.45, 7) is 2.66. The van der Waals surface area contributed by atoms with Crippen LogP contribution in [0.25, 0.3) is 0 Å². The molecule has 0 heterocycles. The molecule has 0 atom stereocenters. The second kappa shape index (κ2) is 6.50.